The highest BCUT2D eigenvalue weighted by atomic mass is 79.9. The molecular formula is C20H14BrFN6. The van der Waals surface area contributed by atoms with Crippen LogP contribution >= 0.6 is 15.9 Å². The van der Waals surface area contributed by atoms with Crippen molar-refractivity contribution < 1.29 is 4.39 Å². The van der Waals surface area contributed by atoms with Crippen LogP contribution in [0, 0.1) is 5.82 Å². The summed E-state index contributed by atoms with van der Waals surface area (Å²) in [7, 11) is 0. The minimum absolute atomic E-state index is 0.314. The molecule has 0 radical (unpaired) electrons. The molecule has 0 aliphatic heterocycles. The van der Waals surface area contributed by atoms with Crippen molar-refractivity contribution in [1.29, 1.82) is 0 Å². The maximum Gasteiger partial charge on any atom is 0.172 e. The molecule has 0 saturated carbocycles. The molecule has 3 aromatic heterocycles. The number of aromatic nitrogens is 5. The van der Waals surface area contributed by atoms with E-state index in [0.717, 1.165) is 26.9 Å². The summed E-state index contributed by atoms with van der Waals surface area (Å²) in [6.07, 6.45) is 3.35. The number of halogens is 2. The lowest BCUT2D eigenvalue weighted by Crippen LogP contribution is -2.07. The summed E-state index contributed by atoms with van der Waals surface area (Å²) in [6.45, 7) is 0.572. The number of H-pyrrole nitrogens is 1. The van der Waals surface area contributed by atoms with Crippen molar-refractivity contribution in [1.82, 2.24) is 24.6 Å². The zero-order valence-electron chi connectivity index (χ0n) is 14.5. The van der Waals surface area contributed by atoms with Crippen molar-refractivity contribution >= 4 is 38.4 Å². The highest BCUT2D eigenvalue weighted by Gasteiger charge is 2.13. The lowest BCUT2D eigenvalue weighted by Gasteiger charge is -2.11. The number of hydrogen-bond donors (Lipinski definition) is 2. The molecule has 138 valence electrons. The minimum atomic E-state index is -0.314. The van der Waals surface area contributed by atoms with Gasteiger partial charge in [-0.05, 0) is 45.8 Å². The number of rotatable bonds is 4. The number of anilines is 1. The third-order valence-electron chi connectivity index (χ3n) is 4.54. The zero-order valence-corrected chi connectivity index (χ0v) is 16.1. The van der Waals surface area contributed by atoms with Crippen molar-refractivity contribution in [2.24, 2.45) is 0 Å². The molecule has 2 N–H and O–H groups in total. The van der Waals surface area contributed by atoms with Gasteiger partial charge in [0.25, 0.3) is 0 Å². The number of hydrogen-bond acceptors (Lipinski definition) is 4. The van der Waals surface area contributed by atoms with Crippen molar-refractivity contribution in [3.63, 3.8) is 0 Å². The normalized spacial score (nSPS) is 11.4. The lowest BCUT2D eigenvalue weighted by atomic mass is 10.1. The molecule has 0 spiro atoms. The Labute approximate surface area is 167 Å². The van der Waals surface area contributed by atoms with Gasteiger partial charge in [-0.25, -0.2) is 14.4 Å². The summed E-state index contributed by atoms with van der Waals surface area (Å²) >= 11 is 3.47. The Hall–Kier alpha value is -3.26. The Morgan fingerprint density at radius 2 is 2.04 bits per heavy atom. The van der Waals surface area contributed by atoms with Crippen LogP contribution in [0.5, 0.6) is 0 Å². The molecule has 0 fully saturated rings. The molecule has 0 aliphatic carbocycles. The molecule has 6 nitrogen and oxygen atoms in total. The molecule has 0 unspecified atom stereocenters. The van der Waals surface area contributed by atoms with E-state index in [1.165, 1.54) is 6.07 Å². The van der Waals surface area contributed by atoms with Crippen LogP contribution < -0.4 is 5.32 Å². The first-order valence-electron chi connectivity index (χ1n) is 8.64. The monoisotopic (exact) mass is 436 g/mol. The molecule has 5 aromatic rings. The van der Waals surface area contributed by atoms with Gasteiger partial charge in [-0.3, -0.25) is 0 Å². The topological polar surface area (TPSA) is 70.9 Å². The van der Waals surface area contributed by atoms with Crippen molar-refractivity contribution in [3.05, 3.63) is 76.9 Å². The van der Waals surface area contributed by atoms with Gasteiger partial charge in [0.2, 0.25) is 0 Å². The average Bonchev–Trinajstić information content (AvgIpc) is 3.33. The summed E-state index contributed by atoms with van der Waals surface area (Å²) in [5.41, 5.74) is 4.59. The molecule has 5 rings (SSSR count). The highest BCUT2D eigenvalue weighted by Crippen LogP contribution is 2.27. The van der Waals surface area contributed by atoms with Gasteiger partial charge < -0.3 is 10.3 Å². The molecular weight excluding hydrogens is 423 g/mol. The van der Waals surface area contributed by atoms with Gasteiger partial charge in [-0.2, -0.15) is 9.61 Å². The largest absolute Gasteiger partial charge is 0.366 e. The number of nitrogens with one attached hydrogen (secondary N) is 2. The first-order valence-corrected chi connectivity index (χ1v) is 9.43. The van der Waals surface area contributed by atoms with Gasteiger partial charge in [-0.1, -0.05) is 18.2 Å². The average molecular weight is 437 g/mol. The van der Waals surface area contributed by atoms with Crippen LogP contribution in [0.25, 0.3) is 27.9 Å². The van der Waals surface area contributed by atoms with Crippen molar-refractivity contribution in [2.45, 2.75) is 6.54 Å². The molecule has 3 heterocycles. The first-order chi connectivity index (χ1) is 13.7. The third-order valence-corrected chi connectivity index (χ3v) is 5.10. The van der Waals surface area contributed by atoms with E-state index in [-0.39, 0.29) is 5.82 Å². The van der Waals surface area contributed by atoms with E-state index in [4.69, 9.17) is 0 Å². The number of nitrogens with zero attached hydrogens (tertiary/aromatic N) is 4. The second-order valence-electron chi connectivity index (χ2n) is 6.34. The van der Waals surface area contributed by atoms with Crippen LogP contribution in [0.2, 0.25) is 0 Å². The van der Waals surface area contributed by atoms with E-state index in [1.807, 2.05) is 18.2 Å². The van der Waals surface area contributed by atoms with Gasteiger partial charge >= 0.3 is 0 Å². The summed E-state index contributed by atoms with van der Waals surface area (Å²) in [5, 5.41) is 7.75. The quantitative estimate of drug-likeness (QED) is 0.424. The Kier molecular flexibility index (Phi) is 4.05. The summed E-state index contributed by atoms with van der Waals surface area (Å²) < 4.78 is 16.7. The fraction of sp³-hybridized carbons (Fsp3) is 0.0500. The van der Waals surface area contributed by atoms with Crippen LogP contribution in [-0.4, -0.2) is 24.6 Å². The SMILES string of the molecule is Fc1ccccc1-c1cc(NCc2ccc3nc[nH]c3c2)n2ncc(Br)c2n1. The molecule has 0 saturated heterocycles. The number of benzene rings is 2. The molecule has 0 bridgehead atoms. The van der Waals surface area contributed by atoms with Crippen molar-refractivity contribution in [3.8, 4) is 11.3 Å². The fourth-order valence-corrected chi connectivity index (χ4v) is 3.50. The fourth-order valence-electron chi connectivity index (χ4n) is 3.15. The second kappa shape index (κ2) is 6.72. The van der Waals surface area contributed by atoms with E-state index in [0.29, 0.717) is 23.4 Å². The molecule has 0 amide bonds. The number of fused-ring (bicyclic) bond motifs is 2. The maximum atomic E-state index is 14.3. The molecule has 2 aromatic carbocycles. The summed E-state index contributed by atoms with van der Waals surface area (Å²) in [5.74, 6) is 0.407. The number of aromatic amines is 1. The van der Waals surface area contributed by atoms with E-state index in [9.17, 15) is 4.39 Å². The van der Waals surface area contributed by atoms with Gasteiger partial charge in [0.15, 0.2) is 5.65 Å². The smallest absolute Gasteiger partial charge is 0.172 e. The first kappa shape index (κ1) is 16.9. The molecule has 28 heavy (non-hydrogen) atoms. The minimum Gasteiger partial charge on any atom is -0.366 e. The van der Waals surface area contributed by atoms with Crippen LogP contribution in [0.1, 0.15) is 5.56 Å². The van der Waals surface area contributed by atoms with Crippen molar-refractivity contribution in [2.75, 3.05) is 5.32 Å². The Morgan fingerprint density at radius 3 is 2.93 bits per heavy atom. The Bertz CT molecular complexity index is 1310. The van der Waals surface area contributed by atoms with E-state index in [2.05, 4.69) is 41.3 Å². The maximum absolute atomic E-state index is 14.3. The van der Waals surface area contributed by atoms with Gasteiger partial charge in [0.1, 0.15) is 11.6 Å². The van der Waals surface area contributed by atoms with Gasteiger partial charge in [0, 0.05) is 18.2 Å². The van der Waals surface area contributed by atoms with Gasteiger partial charge in [0.05, 0.1) is 33.7 Å². The van der Waals surface area contributed by atoms with Crippen LogP contribution in [0.15, 0.2) is 65.5 Å². The predicted octanol–water partition coefficient (Wildman–Crippen LogP) is 4.79. The van der Waals surface area contributed by atoms with Gasteiger partial charge in [-0.15, -0.1) is 0 Å². The van der Waals surface area contributed by atoms with E-state index < -0.39 is 0 Å². The predicted molar refractivity (Wildman–Crippen MR) is 110 cm³/mol. The van der Waals surface area contributed by atoms with E-state index in [1.54, 1.807) is 41.3 Å². The number of imidazole rings is 1. The molecule has 0 atom stereocenters. The van der Waals surface area contributed by atoms with Crippen LogP contribution in [-0.2, 0) is 6.54 Å². The van der Waals surface area contributed by atoms with Crippen LogP contribution in [0.3, 0.4) is 0 Å². The molecule has 0 aliphatic rings. The zero-order chi connectivity index (χ0) is 19.1. The highest BCUT2D eigenvalue weighted by molar-refractivity contribution is 9.10. The summed E-state index contributed by atoms with van der Waals surface area (Å²) in [6, 6.07) is 14.4. The van der Waals surface area contributed by atoms with E-state index >= 15 is 0 Å². The Morgan fingerprint density at radius 1 is 1.14 bits per heavy atom. The second-order valence-corrected chi connectivity index (χ2v) is 7.20. The molecule has 8 heteroatoms. The van der Waals surface area contributed by atoms with Crippen LogP contribution in [0.4, 0.5) is 10.2 Å². The standard InChI is InChI=1S/C20H14BrFN6/c21-14-10-26-28-19(23-9-12-5-6-16-18(7-12)25-11-24-16)8-17(27-20(14)28)13-3-1-2-4-15(13)22/h1-8,10-11,23H,9H2,(H,24,25). The summed E-state index contributed by atoms with van der Waals surface area (Å²) in [4.78, 5) is 11.9. The lowest BCUT2D eigenvalue weighted by molar-refractivity contribution is 0.630. The Balaban J connectivity index is 1.55. The third kappa shape index (κ3) is 2.91.